The lowest BCUT2D eigenvalue weighted by Crippen LogP contribution is -1.98. The smallest absolute Gasteiger partial charge is 0.372 e. The third-order valence-electron chi connectivity index (χ3n) is 2.69. The van der Waals surface area contributed by atoms with Crippen molar-refractivity contribution in [2.45, 2.75) is 26.7 Å². The molecule has 0 amide bonds. The number of carboxylic acid groups (broad SMARTS) is 1. The minimum Gasteiger partial charge on any atom is -0.475 e. The van der Waals surface area contributed by atoms with Crippen molar-refractivity contribution >= 4 is 32.9 Å². The first-order chi connectivity index (χ1) is 8.04. The molecule has 0 fully saturated rings. The average Bonchev–Trinajstić information content (AvgIpc) is 2.58. The van der Waals surface area contributed by atoms with E-state index in [1.807, 2.05) is 26.0 Å². The number of fused-ring (bicyclic) bond motifs is 1. The summed E-state index contributed by atoms with van der Waals surface area (Å²) in [5.74, 6) is -0.942. The molecule has 1 aromatic heterocycles. The van der Waals surface area contributed by atoms with E-state index in [0.29, 0.717) is 12.0 Å². The van der Waals surface area contributed by atoms with Gasteiger partial charge in [-0.05, 0) is 47.0 Å². The van der Waals surface area contributed by atoms with Gasteiger partial charge in [-0.1, -0.05) is 13.3 Å². The summed E-state index contributed by atoms with van der Waals surface area (Å²) in [5.41, 5.74) is 2.50. The SMILES string of the molecule is CCCc1c(C(=O)O)oc2c(Br)cc(C)cc12. The van der Waals surface area contributed by atoms with Crippen LogP contribution in [0.25, 0.3) is 11.0 Å². The number of aryl methyl sites for hydroxylation is 2. The Morgan fingerprint density at radius 1 is 1.47 bits per heavy atom. The zero-order valence-corrected chi connectivity index (χ0v) is 11.3. The average molecular weight is 297 g/mol. The van der Waals surface area contributed by atoms with Crippen LogP contribution in [0.2, 0.25) is 0 Å². The van der Waals surface area contributed by atoms with Gasteiger partial charge in [0.25, 0.3) is 0 Å². The number of halogens is 1. The van der Waals surface area contributed by atoms with Crippen molar-refractivity contribution in [3.05, 3.63) is 33.5 Å². The van der Waals surface area contributed by atoms with E-state index in [2.05, 4.69) is 15.9 Å². The van der Waals surface area contributed by atoms with Gasteiger partial charge in [0.2, 0.25) is 5.76 Å². The third kappa shape index (κ3) is 2.09. The predicted molar refractivity (Wildman–Crippen MR) is 69.6 cm³/mol. The number of hydrogen-bond donors (Lipinski definition) is 1. The third-order valence-corrected chi connectivity index (χ3v) is 3.27. The van der Waals surface area contributed by atoms with Gasteiger partial charge in [0.05, 0.1) is 4.47 Å². The molecule has 3 nitrogen and oxygen atoms in total. The molecule has 0 saturated heterocycles. The van der Waals surface area contributed by atoms with Gasteiger partial charge >= 0.3 is 5.97 Å². The van der Waals surface area contributed by atoms with E-state index >= 15 is 0 Å². The van der Waals surface area contributed by atoms with Gasteiger partial charge in [-0.2, -0.15) is 0 Å². The summed E-state index contributed by atoms with van der Waals surface area (Å²) >= 11 is 3.41. The Balaban J connectivity index is 2.79. The molecule has 0 aliphatic carbocycles. The molecule has 0 aliphatic rings. The monoisotopic (exact) mass is 296 g/mol. The van der Waals surface area contributed by atoms with Crippen molar-refractivity contribution in [1.82, 2.24) is 0 Å². The molecule has 0 unspecified atom stereocenters. The van der Waals surface area contributed by atoms with Gasteiger partial charge in [-0.25, -0.2) is 4.79 Å². The molecule has 2 rings (SSSR count). The highest BCUT2D eigenvalue weighted by Gasteiger charge is 2.20. The first kappa shape index (κ1) is 12.2. The van der Waals surface area contributed by atoms with Gasteiger partial charge in [0.1, 0.15) is 5.58 Å². The molecule has 1 heterocycles. The Morgan fingerprint density at radius 3 is 2.76 bits per heavy atom. The largest absolute Gasteiger partial charge is 0.475 e. The lowest BCUT2D eigenvalue weighted by molar-refractivity contribution is 0.0663. The number of benzene rings is 1. The van der Waals surface area contributed by atoms with Crippen LogP contribution >= 0.6 is 15.9 Å². The maximum Gasteiger partial charge on any atom is 0.372 e. The van der Waals surface area contributed by atoms with Gasteiger partial charge in [-0.3, -0.25) is 0 Å². The highest BCUT2D eigenvalue weighted by molar-refractivity contribution is 9.10. The first-order valence-electron chi connectivity index (χ1n) is 5.49. The Labute approximate surface area is 108 Å². The van der Waals surface area contributed by atoms with Crippen molar-refractivity contribution < 1.29 is 14.3 Å². The molecule has 90 valence electrons. The molecular weight excluding hydrogens is 284 g/mol. The summed E-state index contributed by atoms with van der Waals surface area (Å²) in [5, 5.41) is 10.0. The van der Waals surface area contributed by atoms with Crippen LogP contribution < -0.4 is 0 Å². The highest BCUT2D eigenvalue weighted by atomic mass is 79.9. The van der Waals surface area contributed by atoms with Crippen LogP contribution in [0.5, 0.6) is 0 Å². The maximum absolute atomic E-state index is 11.2. The van der Waals surface area contributed by atoms with Gasteiger partial charge < -0.3 is 9.52 Å². The van der Waals surface area contributed by atoms with Crippen LogP contribution in [-0.4, -0.2) is 11.1 Å². The Kier molecular flexibility index (Phi) is 3.24. The highest BCUT2D eigenvalue weighted by Crippen LogP contribution is 2.33. The standard InChI is InChI=1S/C13H13BrO3/c1-3-4-8-9-5-7(2)6-10(14)11(9)17-12(8)13(15)16/h5-6H,3-4H2,1-2H3,(H,15,16). The van der Waals surface area contributed by atoms with Gasteiger partial charge in [0, 0.05) is 10.9 Å². The Bertz CT molecular complexity index is 584. The Hall–Kier alpha value is -1.29. The van der Waals surface area contributed by atoms with Crippen LogP contribution in [-0.2, 0) is 6.42 Å². The summed E-state index contributed by atoms with van der Waals surface area (Å²) in [7, 11) is 0. The van der Waals surface area contributed by atoms with Crippen LogP contribution in [0, 0.1) is 6.92 Å². The first-order valence-corrected chi connectivity index (χ1v) is 6.28. The lowest BCUT2D eigenvalue weighted by Gasteiger charge is -1.98. The molecule has 1 N–H and O–H groups in total. The van der Waals surface area contributed by atoms with E-state index in [1.54, 1.807) is 0 Å². The van der Waals surface area contributed by atoms with E-state index in [4.69, 9.17) is 9.52 Å². The van der Waals surface area contributed by atoms with Crippen molar-refractivity contribution in [2.24, 2.45) is 0 Å². The number of hydrogen-bond acceptors (Lipinski definition) is 2. The van der Waals surface area contributed by atoms with Crippen molar-refractivity contribution in [3.8, 4) is 0 Å². The number of rotatable bonds is 3. The number of carbonyl (C=O) groups is 1. The summed E-state index contributed by atoms with van der Waals surface area (Å²) in [6, 6.07) is 3.90. The normalized spacial score (nSPS) is 11.0. The van der Waals surface area contributed by atoms with Crippen molar-refractivity contribution in [2.75, 3.05) is 0 Å². The molecule has 0 spiro atoms. The Morgan fingerprint density at radius 2 is 2.18 bits per heavy atom. The molecular formula is C13H13BrO3. The fraction of sp³-hybridized carbons (Fsp3) is 0.308. The molecule has 0 atom stereocenters. The molecule has 0 bridgehead atoms. The quantitative estimate of drug-likeness (QED) is 0.925. The molecule has 0 radical (unpaired) electrons. The molecule has 2 aromatic rings. The van der Waals surface area contributed by atoms with Gasteiger partial charge in [-0.15, -0.1) is 0 Å². The number of carboxylic acids is 1. The minimum atomic E-state index is -1.01. The van der Waals surface area contributed by atoms with Crippen LogP contribution in [0.15, 0.2) is 21.0 Å². The number of aromatic carboxylic acids is 1. The molecule has 4 heteroatoms. The van der Waals surface area contributed by atoms with E-state index < -0.39 is 5.97 Å². The van der Waals surface area contributed by atoms with Crippen molar-refractivity contribution in [3.63, 3.8) is 0 Å². The van der Waals surface area contributed by atoms with E-state index in [9.17, 15) is 4.79 Å². The van der Waals surface area contributed by atoms with Crippen LogP contribution in [0.4, 0.5) is 0 Å². The second kappa shape index (κ2) is 4.53. The van der Waals surface area contributed by atoms with E-state index in [1.165, 1.54) is 0 Å². The minimum absolute atomic E-state index is 0.0631. The second-order valence-corrected chi connectivity index (χ2v) is 4.94. The lowest BCUT2D eigenvalue weighted by atomic mass is 10.0. The molecule has 17 heavy (non-hydrogen) atoms. The summed E-state index contributed by atoms with van der Waals surface area (Å²) in [6.45, 7) is 4.00. The van der Waals surface area contributed by atoms with E-state index in [-0.39, 0.29) is 5.76 Å². The number of furan rings is 1. The molecule has 0 saturated carbocycles. The topological polar surface area (TPSA) is 50.4 Å². The summed E-state index contributed by atoms with van der Waals surface area (Å²) < 4.78 is 6.26. The van der Waals surface area contributed by atoms with Crippen molar-refractivity contribution in [1.29, 1.82) is 0 Å². The summed E-state index contributed by atoms with van der Waals surface area (Å²) in [6.07, 6.45) is 1.60. The maximum atomic E-state index is 11.2. The molecule has 0 aliphatic heterocycles. The van der Waals surface area contributed by atoms with Crippen LogP contribution in [0.1, 0.15) is 35.0 Å². The van der Waals surface area contributed by atoms with E-state index in [0.717, 1.165) is 27.4 Å². The molecule has 1 aromatic carbocycles. The predicted octanol–water partition coefficient (Wildman–Crippen LogP) is 4.15. The zero-order chi connectivity index (χ0) is 12.6. The van der Waals surface area contributed by atoms with Gasteiger partial charge in [0.15, 0.2) is 0 Å². The summed E-state index contributed by atoms with van der Waals surface area (Å²) in [4.78, 5) is 11.2. The van der Waals surface area contributed by atoms with Crippen LogP contribution in [0.3, 0.4) is 0 Å². The fourth-order valence-electron chi connectivity index (χ4n) is 2.01. The fourth-order valence-corrected chi connectivity index (χ4v) is 2.67. The second-order valence-electron chi connectivity index (χ2n) is 4.09. The zero-order valence-electron chi connectivity index (χ0n) is 9.71.